The number of methoxy groups -OCH3 is 1. The number of thioether (sulfide) groups is 1. The topological polar surface area (TPSA) is 73.2 Å². The van der Waals surface area contributed by atoms with Crippen LogP contribution in [0.5, 0.6) is 5.75 Å². The molecule has 0 aliphatic carbocycles. The van der Waals surface area contributed by atoms with Crippen LogP contribution in [0, 0.1) is 0 Å². The first kappa shape index (κ1) is 19.5. The van der Waals surface area contributed by atoms with Crippen molar-refractivity contribution < 1.29 is 9.53 Å². The first-order valence-electron chi connectivity index (χ1n) is 9.72. The van der Waals surface area contributed by atoms with Crippen molar-refractivity contribution in [2.45, 2.75) is 36.2 Å². The number of carbonyl (C=O) groups excluding carboxylic acids is 1. The highest BCUT2D eigenvalue weighted by molar-refractivity contribution is 8.00. The summed E-state index contributed by atoms with van der Waals surface area (Å²) < 4.78 is 6.89. The Morgan fingerprint density at radius 3 is 2.72 bits per heavy atom. The second-order valence-electron chi connectivity index (χ2n) is 7.04. The molecule has 4 rings (SSSR count). The van der Waals surface area contributed by atoms with E-state index < -0.39 is 0 Å². The molecule has 0 spiro atoms. The maximum atomic E-state index is 13.3. The number of nitrogens with one attached hydrogen (secondary N) is 1. The van der Waals surface area contributed by atoms with Crippen LogP contribution in [0.3, 0.4) is 0 Å². The predicted molar refractivity (Wildman–Crippen MR) is 115 cm³/mol. The van der Waals surface area contributed by atoms with Crippen molar-refractivity contribution in [1.29, 1.82) is 0 Å². The minimum absolute atomic E-state index is 0.0194. The van der Waals surface area contributed by atoms with Crippen molar-refractivity contribution in [3.63, 3.8) is 0 Å². The highest BCUT2D eigenvalue weighted by Gasteiger charge is 2.24. The second kappa shape index (κ2) is 8.69. The van der Waals surface area contributed by atoms with Crippen LogP contribution in [0.25, 0.3) is 10.9 Å². The molecule has 1 saturated heterocycles. The monoisotopic (exact) mass is 409 g/mol. The number of hydrogen-bond acceptors (Lipinski definition) is 5. The van der Waals surface area contributed by atoms with Gasteiger partial charge in [0.2, 0.25) is 5.91 Å². The molecule has 1 aliphatic heterocycles. The number of amides is 1. The Balaban J connectivity index is 1.75. The van der Waals surface area contributed by atoms with Gasteiger partial charge in [-0.15, -0.1) is 0 Å². The molecule has 29 heavy (non-hydrogen) atoms. The van der Waals surface area contributed by atoms with E-state index >= 15 is 0 Å². The Bertz CT molecular complexity index is 1080. The molecule has 3 aromatic rings. The number of carbonyl (C=O) groups is 1. The van der Waals surface area contributed by atoms with Gasteiger partial charge in [0.25, 0.3) is 5.56 Å². The summed E-state index contributed by atoms with van der Waals surface area (Å²) >= 11 is 1.38. The zero-order valence-corrected chi connectivity index (χ0v) is 17.1. The van der Waals surface area contributed by atoms with Crippen LogP contribution in [-0.4, -0.2) is 34.4 Å². The molecular weight excluding hydrogens is 386 g/mol. The summed E-state index contributed by atoms with van der Waals surface area (Å²) in [6.07, 6.45) is 2.74. The van der Waals surface area contributed by atoms with E-state index in [1.807, 2.05) is 42.5 Å². The molecule has 0 saturated carbocycles. The standard InChI is InChI=1S/C22H23N3O3S/c1-28-16-11-9-15(10-12-16)14-25-21(27)17-6-2-3-7-18(17)24-22(25)29-19-8-4-5-13-23-20(19)26/h2-3,6-7,9-12,19H,4-5,8,13-14H2,1H3,(H,23,26). The quantitative estimate of drug-likeness (QED) is 0.655. The smallest absolute Gasteiger partial charge is 0.262 e. The van der Waals surface area contributed by atoms with Gasteiger partial charge >= 0.3 is 0 Å². The third-order valence-electron chi connectivity index (χ3n) is 5.06. The van der Waals surface area contributed by atoms with E-state index in [1.54, 1.807) is 17.7 Å². The molecule has 7 heteroatoms. The number of rotatable bonds is 5. The van der Waals surface area contributed by atoms with E-state index in [-0.39, 0.29) is 16.7 Å². The van der Waals surface area contributed by atoms with Gasteiger partial charge in [0, 0.05) is 6.54 Å². The minimum Gasteiger partial charge on any atom is -0.497 e. The van der Waals surface area contributed by atoms with Gasteiger partial charge in [-0.2, -0.15) is 0 Å². The van der Waals surface area contributed by atoms with Crippen molar-refractivity contribution in [2.75, 3.05) is 13.7 Å². The first-order valence-corrected chi connectivity index (χ1v) is 10.6. The number of hydrogen-bond donors (Lipinski definition) is 1. The zero-order valence-electron chi connectivity index (χ0n) is 16.3. The average molecular weight is 410 g/mol. The van der Waals surface area contributed by atoms with E-state index in [0.29, 0.717) is 29.1 Å². The third-order valence-corrected chi connectivity index (χ3v) is 6.32. The van der Waals surface area contributed by atoms with Gasteiger partial charge in [-0.25, -0.2) is 4.98 Å². The number of benzene rings is 2. The molecule has 1 fully saturated rings. The number of aromatic nitrogens is 2. The fourth-order valence-corrected chi connectivity index (χ4v) is 4.60. The van der Waals surface area contributed by atoms with Crippen LogP contribution in [-0.2, 0) is 11.3 Å². The normalized spacial score (nSPS) is 17.0. The van der Waals surface area contributed by atoms with Crippen LogP contribution in [0.15, 0.2) is 58.5 Å². The van der Waals surface area contributed by atoms with E-state index in [2.05, 4.69) is 5.32 Å². The molecule has 2 aromatic carbocycles. The molecule has 2 heterocycles. The maximum Gasteiger partial charge on any atom is 0.262 e. The molecule has 1 unspecified atom stereocenters. The summed E-state index contributed by atoms with van der Waals surface area (Å²) in [5.74, 6) is 0.786. The summed E-state index contributed by atoms with van der Waals surface area (Å²) in [5.41, 5.74) is 1.53. The van der Waals surface area contributed by atoms with E-state index in [4.69, 9.17) is 9.72 Å². The molecule has 6 nitrogen and oxygen atoms in total. The van der Waals surface area contributed by atoms with Gasteiger partial charge in [0.15, 0.2) is 5.16 Å². The van der Waals surface area contributed by atoms with Crippen molar-refractivity contribution in [3.05, 3.63) is 64.4 Å². The van der Waals surface area contributed by atoms with Crippen LogP contribution in [0.4, 0.5) is 0 Å². The van der Waals surface area contributed by atoms with Gasteiger partial charge in [0.05, 0.1) is 29.8 Å². The largest absolute Gasteiger partial charge is 0.497 e. The molecule has 0 bridgehead atoms. The highest BCUT2D eigenvalue weighted by atomic mass is 32.2. The number of para-hydroxylation sites is 1. The van der Waals surface area contributed by atoms with Gasteiger partial charge in [0.1, 0.15) is 5.75 Å². The van der Waals surface area contributed by atoms with Gasteiger partial charge in [-0.05, 0) is 42.7 Å². The molecule has 0 radical (unpaired) electrons. The van der Waals surface area contributed by atoms with Crippen LogP contribution in [0.2, 0.25) is 0 Å². The lowest BCUT2D eigenvalue weighted by atomic mass is 10.2. The summed E-state index contributed by atoms with van der Waals surface area (Å²) in [4.78, 5) is 30.4. The molecule has 150 valence electrons. The lowest BCUT2D eigenvalue weighted by Gasteiger charge is -2.17. The number of ether oxygens (including phenoxy) is 1. The predicted octanol–water partition coefficient (Wildman–Crippen LogP) is 3.21. The average Bonchev–Trinajstić information content (AvgIpc) is 2.95. The van der Waals surface area contributed by atoms with Crippen LogP contribution < -0.4 is 15.6 Å². The number of nitrogens with zero attached hydrogens (tertiary/aromatic N) is 2. The van der Waals surface area contributed by atoms with E-state index in [9.17, 15) is 9.59 Å². The third kappa shape index (κ3) is 4.29. The van der Waals surface area contributed by atoms with Crippen LogP contribution in [0.1, 0.15) is 24.8 Å². The maximum absolute atomic E-state index is 13.3. The van der Waals surface area contributed by atoms with E-state index in [0.717, 1.165) is 30.6 Å². The Hall–Kier alpha value is -2.80. The Morgan fingerprint density at radius 2 is 1.93 bits per heavy atom. The Labute approximate surface area is 173 Å². The Morgan fingerprint density at radius 1 is 1.14 bits per heavy atom. The molecule has 1 N–H and O–H groups in total. The van der Waals surface area contributed by atoms with Gasteiger partial charge in [-0.1, -0.05) is 42.4 Å². The van der Waals surface area contributed by atoms with Crippen molar-refractivity contribution >= 4 is 28.6 Å². The zero-order chi connectivity index (χ0) is 20.2. The lowest BCUT2D eigenvalue weighted by molar-refractivity contribution is -0.120. The molecule has 1 aliphatic rings. The van der Waals surface area contributed by atoms with Gasteiger partial charge < -0.3 is 10.1 Å². The van der Waals surface area contributed by atoms with Gasteiger partial charge in [-0.3, -0.25) is 14.2 Å². The second-order valence-corrected chi connectivity index (χ2v) is 8.21. The van der Waals surface area contributed by atoms with E-state index in [1.165, 1.54) is 11.8 Å². The Kier molecular flexibility index (Phi) is 5.85. The van der Waals surface area contributed by atoms with Crippen molar-refractivity contribution in [2.24, 2.45) is 0 Å². The summed E-state index contributed by atoms with van der Waals surface area (Å²) in [7, 11) is 1.62. The fraction of sp³-hybridized carbons (Fsp3) is 0.318. The molecular formula is C22H23N3O3S. The minimum atomic E-state index is -0.243. The fourth-order valence-electron chi connectivity index (χ4n) is 3.44. The van der Waals surface area contributed by atoms with Crippen molar-refractivity contribution in [3.8, 4) is 5.75 Å². The summed E-state index contributed by atoms with van der Waals surface area (Å²) in [6.45, 7) is 1.09. The summed E-state index contributed by atoms with van der Waals surface area (Å²) in [5, 5.41) is 3.87. The molecule has 1 amide bonds. The lowest BCUT2D eigenvalue weighted by Crippen LogP contribution is -2.32. The van der Waals surface area contributed by atoms with Crippen LogP contribution >= 0.6 is 11.8 Å². The van der Waals surface area contributed by atoms with Crippen molar-refractivity contribution in [1.82, 2.24) is 14.9 Å². The highest BCUT2D eigenvalue weighted by Crippen LogP contribution is 2.28. The number of fused-ring (bicyclic) bond motifs is 1. The summed E-state index contributed by atoms with van der Waals surface area (Å²) in [6, 6.07) is 15.0. The first-order chi connectivity index (χ1) is 14.2. The molecule has 1 aromatic heterocycles. The molecule has 1 atom stereocenters. The SMILES string of the molecule is COc1ccc(Cn2c(SC3CCCCNC3=O)nc3ccccc3c2=O)cc1.